The first kappa shape index (κ1) is 17.4. The minimum atomic E-state index is -0.677. The van der Waals surface area contributed by atoms with Crippen molar-refractivity contribution >= 4 is 22.6 Å². The highest BCUT2D eigenvalue weighted by atomic mass is 16.6. The number of aromatic nitrogens is 1. The number of esters is 1. The number of rotatable bonds is 6. The molecule has 0 saturated carbocycles. The molecule has 0 unspecified atom stereocenters. The first-order valence-corrected chi connectivity index (χ1v) is 7.44. The minimum absolute atomic E-state index is 0.0997. The number of nitrogens with zero attached hydrogens (tertiary/aromatic N) is 2. The second-order valence-corrected chi connectivity index (χ2v) is 5.21. The molecule has 0 atom stereocenters. The van der Waals surface area contributed by atoms with Gasteiger partial charge in [0, 0.05) is 30.8 Å². The number of hydrogen-bond acceptors (Lipinski definition) is 8. The van der Waals surface area contributed by atoms with E-state index in [0.717, 1.165) is 0 Å². The zero-order valence-corrected chi connectivity index (χ0v) is 13.9. The third kappa shape index (κ3) is 3.33. The fraction of sp³-hybridized carbons (Fsp3) is 0.176. The molecule has 3 aromatic rings. The van der Waals surface area contributed by atoms with Crippen LogP contribution < -0.4 is 9.47 Å². The van der Waals surface area contributed by atoms with Gasteiger partial charge in [-0.2, -0.15) is 0 Å². The van der Waals surface area contributed by atoms with Crippen molar-refractivity contribution < 1.29 is 28.3 Å². The molecule has 0 amide bonds. The molecular weight excluding hydrogens is 344 g/mol. The highest BCUT2D eigenvalue weighted by Crippen LogP contribution is 2.30. The molecule has 134 valence electrons. The lowest BCUT2D eigenvalue weighted by Crippen LogP contribution is -2.09. The van der Waals surface area contributed by atoms with Crippen LogP contribution in [-0.4, -0.2) is 30.1 Å². The van der Waals surface area contributed by atoms with E-state index in [1.165, 1.54) is 44.7 Å². The van der Waals surface area contributed by atoms with Crippen LogP contribution in [0.5, 0.6) is 11.6 Å². The molecule has 2 heterocycles. The van der Waals surface area contributed by atoms with E-state index < -0.39 is 10.9 Å². The van der Waals surface area contributed by atoms with Gasteiger partial charge >= 0.3 is 5.97 Å². The summed E-state index contributed by atoms with van der Waals surface area (Å²) in [5, 5.41) is 11.1. The number of benzene rings is 1. The van der Waals surface area contributed by atoms with Gasteiger partial charge in [0.2, 0.25) is 0 Å². The predicted octanol–water partition coefficient (Wildman–Crippen LogP) is 3.11. The molecule has 0 saturated heterocycles. The van der Waals surface area contributed by atoms with Gasteiger partial charge < -0.3 is 18.6 Å². The number of methoxy groups -OCH3 is 2. The number of carbonyl (C=O) groups excluding carboxylic acids is 1. The number of hydrogen-bond donors (Lipinski definition) is 0. The van der Waals surface area contributed by atoms with Crippen LogP contribution in [0.4, 0.5) is 5.69 Å². The monoisotopic (exact) mass is 358 g/mol. The van der Waals surface area contributed by atoms with E-state index in [0.29, 0.717) is 16.7 Å². The second-order valence-electron chi connectivity index (χ2n) is 5.21. The van der Waals surface area contributed by atoms with Crippen LogP contribution >= 0.6 is 0 Å². The summed E-state index contributed by atoms with van der Waals surface area (Å²) in [6, 6.07) is 6.83. The van der Waals surface area contributed by atoms with Gasteiger partial charge in [0.25, 0.3) is 11.6 Å². The number of ether oxygens (including phenoxy) is 3. The van der Waals surface area contributed by atoms with E-state index in [2.05, 4.69) is 4.98 Å². The third-order valence-electron chi connectivity index (χ3n) is 3.54. The van der Waals surface area contributed by atoms with Crippen molar-refractivity contribution in [2.75, 3.05) is 14.2 Å². The fourth-order valence-electron chi connectivity index (χ4n) is 2.37. The highest BCUT2D eigenvalue weighted by molar-refractivity contribution is 6.04. The normalized spacial score (nSPS) is 10.7. The summed E-state index contributed by atoms with van der Waals surface area (Å²) in [6.45, 7) is 0.217. The molecule has 0 radical (unpaired) electrons. The Balaban J connectivity index is 1.93. The van der Waals surface area contributed by atoms with Crippen LogP contribution in [0.15, 0.2) is 40.9 Å². The van der Waals surface area contributed by atoms with E-state index >= 15 is 0 Å². The maximum Gasteiger partial charge on any atom is 0.345 e. The van der Waals surface area contributed by atoms with Crippen molar-refractivity contribution in [2.45, 2.75) is 6.61 Å². The van der Waals surface area contributed by atoms with Crippen LogP contribution in [-0.2, 0) is 11.3 Å². The SMILES string of the molecule is COCc1cc2c(C(=O)Oc3ccc([N+](=O)[O-])cc3)cnc(OC)c2o1. The zero-order chi connectivity index (χ0) is 18.7. The number of nitro benzene ring substituents is 1. The summed E-state index contributed by atoms with van der Waals surface area (Å²) < 4.78 is 21.1. The van der Waals surface area contributed by atoms with E-state index in [1.807, 2.05) is 0 Å². The van der Waals surface area contributed by atoms with Crippen LogP contribution in [0, 0.1) is 10.1 Å². The quantitative estimate of drug-likeness (QED) is 0.286. The van der Waals surface area contributed by atoms with Crippen LogP contribution in [0.2, 0.25) is 0 Å². The van der Waals surface area contributed by atoms with Crippen molar-refractivity contribution in [1.82, 2.24) is 4.98 Å². The van der Waals surface area contributed by atoms with Gasteiger partial charge in [-0.25, -0.2) is 9.78 Å². The van der Waals surface area contributed by atoms with Gasteiger partial charge in [0.1, 0.15) is 18.1 Å². The number of nitro groups is 1. The van der Waals surface area contributed by atoms with Crippen molar-refractivity contribution in [1.29, 1.82) is 0 Å². The smallest absolute Gasteiger partial charge is 0.345 e. The lowest BCUT2D eigenvalue weighted by Gasteiger charge is -2.06. The molecule has 0 aliphatic heterocycles. The Labute approximate surface area is 147 Å². The summed E-state index contributed by atoms with van der Waals surface area (Å²) >= 11 is 0. The summed E-state index contributed by atoms with van der Waals surface area (Å²) in [6.07, 6.45) is 1.32. The maximum absolute atomic E-state index is 12.5. The summed E-state index contributed by atoms with van der Waals surface area (Å²) in [5.41, 5.74) is 0.375. The van der Waals surface area contributed by atoms with Crippen molar-refractivity contribution in [3.8, 4) is 11.6 Å². The number of fused-ring (bicyclic) bond motifs is 1. The van der Waals surface area contributed by atoms with Crippen molar-refractivity contribution in [3.05, 3.63) is 58.0 Å². The third-order valence-corrected chi connectivity index (χ3v) is 3.54. The molecule has 0 N–H and O–H groups in total. The Kier molecular flexibility index (Phi) is 4.81. The maximum atomic E-state index is 12.5. The Morgan fingerprint density at radius 2 is 2.00 bits per heavy atom. The van der Waals surface area contributed by atoms with E-state index in [4.69, 9.17) is 18.6 Å². The van der Waals surface area contributed by atoms with Crippen LogP contribution in [0.25, 0.3) is 11.0 Å². The number of pyridine rings is 1. The molecule has 0 bridgehead atoms. The molecule has 0 aliphatic carbocycles. The van der Waals surface area contributed by atoms with Crippen molar-refractivity contribution in [3.63, 3.8) is 0 Å². The Bertz CT molecular complexity index is 963. The predicted molar refractivity (Wildman–Crippen MR) is 89.3 cm³/mol. The fourth-order valence-corrected chi connectivity index (χ4v) is 2.37. The van der Waals surface area contributed by atoms with Gasteiger partial charge in [0.05, 0.1) is 17.6 Å². The first-order chi connectivity index (χ1) is 12.5. The summed E-state index contributed by atoms with van der Waals surface area (Å²) in [5.74, 6) is 0.223. The molecule has 26 heavy (non-hydrogen) atoms. The average molecular weight is 358 g/mol. The van der Waals surface area contributed by atoms with Crippen molar-refractivity contribution in [2.24, 2.45) is 0 Å². The lowest BCUT2D eigenvalue weighted by atomic mass is 10.2. The molecule has 1 aromatic carbocycles. The number of non-ortho nitro benzene ring substituents is 1. The topological polar surface area (TPSA) is 114 Å². The van der Waals surface area contributed by atoms with Gasteiger partial charge in [-0.05, 0) is 18.2 Å². The van der Waals surface area contributed by atoms with Gasteiger partial charge in [-0.3, -0.25) is 10.1 Å². The molecule has 2 aromatic heterocycles. The van der Waals surface area contributed by atoms with Gasteiger partial charge in [0.15, 0.2) is 5.58 Å². The Morgan fingerprint density at radius 3 is 2.62 bits per heavy atom. The summed E-state index contributed by atoms with van der Waals surface area (Å²) in [4.78, 5) is 26.7. The first-order valence-electron chi connectivity index (χ1n) is 7.44. The zero-order valence-electron chi connectivity index (χ0n) is 13.9. The molecule has 0 spiro atoms. The van der Waals surface area contributed by atoms with Crippen LogP contribution in [0.1, 0.15) is 16.1 Å². The molecule has 0 fully saturated rings. The van der Waals surface area contributed by atoms with Crippen LogP contribution in [0.3, 0.4) is 0 Å². The molecule has 9 heteroatoms. The number of carbonyl (C=O) groups is 1. The molecule has 3 rings (SSSR count). The summed E-state index contributed by atoms with van der Waals surface area (Å²) in [7, 11) is 2.96. The largest absolute Gasteiger partial charge is 0.478 e. The minimum Gasteiger partial charge on any atom is -0.478 e. The van der Waals surface area contributed by atoms with E-state index in [1.54, 1.807) is 6.07 Å². The molecular formula is C17H14N2O7. The van der Waals surface area contributed by atoms with Gasteiger partial charge in [-0.1, -0.05) is 0 Å². The highest BCUT2D eigenvalue weighted by Gasteiger charge is 2.20. The van der Waals surface area contributed by atoms with E-state index in [9.17, 15) is 14.9 Å². The molecule has 9 nitrogen and oxygen atoms in total. The lowest BCUT2D eigenvalue weighted by molar-refractivity contribution is -0.384. The van der Waals surface area contributed by atoms with Gasteiger partial charge in [-0.15, -0.1) is 0 Å². The molecule has 0 aliphatic rings. The Morgan fingerprint density at radius 1 is 1.27 bits per heavy atom. The number of furan rings is 1. The second kappa shape index (κ2) is 7.19. The van der Waals surface area contributed by atoms with E-state index in [-0.39, 0.29) is 29.5 Å². The average Bonchev–Trinajstić information content (AvgIpc) is 3.05. The Hall–Kier alpha value is -3.46. The standard InChI is InChI=1S/C17H14N2O7/c1-23-9-12-7-13-14(8-18-16(24-2)15(13)25-12)17(20)26-11-5-3-10(4-6-11)19(21)22/h3-8H,9H2,1-2H3.